The molecule has 8 nitrogen and oxygen atoms in total. The molecule has 0 spiro atoms. The number of esters is 2. The molecule has 0 aliphatic rings. The van der Waals surface area contributed by atoms with Gasteiger partial charge in [-0.05, 0) is 25.7 Å². The molecule has 2 N–H and O–H groups in total. The van der Waals surface area contributed by atoms with Crippen LogP contribution in [0.5, 0.6) is 0 Å². The Kier molecular flexibility index (Phi) is 23.1. The van der Waals surface area contributed by atoms with E-state index in [0.29, 0.717) is 26.1 Å². The second-order valence-corrected chi connectivity index (χ2v) is 4.94. The summed E-state index contributed by atoms with van der Waals surface area (Å²) < 4.78 is 9.48. The maximum absolute atomic E-state index is 10.8. The van der Waals surface area contributed by atoms with Gasteiger partial charge in [-0.25, -0.2) is 0 Å². The number of aliphatic carboxylic acids is 2. The van der Waals surface area contributed by atoms with Crippen LogP contribution in [0.1, 0.15) is 65.2 Å². The van der Waals surface area contributed by atoms with Gasteiger partial charge >= 0.3 is 23.9 Å². The van der Waals surface area contributed by atoms with Crippen molar-refractivity contribution in [1.82, 2.24) is 0 Å². The van der Waals surface area contributed by atoms with Crippen molar-refractivity contribution in [3.63, 3.8) is 0 Å². The van der Waals surface area contributed by atoms with E-state index in [-0.39, 0.29) is 54.7 Å². The minimum Gasteiger partial charge on any atom is -0.481 e. The third-order valence-electron chi connectivity index (χ3n) is 2.48. The molecule has 25 heavy (non-hydrogen) atoms. The summed E-state index contributed by atoms with van der Waals surface area (Å²) in [5.41, 5.74) is 0. The topological polar surface area (TPSA) is 127 Å². The van der Waals surface area contributed by atoms with E-state index in [2.05, 4.69) is 0 Å². The van der Waals surface area contributed by atoms with Crippen molar-refractivity contribution < 1.29 is 55.9 Å². The molecule has 0 bridgehead atoms. The second kappa shape index (κ2) is 20.4. The first-order valence-electron chi connectivity index (χ1n) is 8.08. The first kappa shape index (κ1) is 28.2. The number of rotatable bonds is 12. The predicted octanol–water partition coefficient (Wildman–Crippen LogP) is 2.39. The third-order valence-corrected chi connectivity index (χ3v) is 2.48. The van der Waals surface area contributed by atoms with Crippen molar-refractivity contribution in [2.24, 2.45) is 0 Å². The maximum atomic E-state index is 10.8. The summed E-state index contributed by atoms with van der Waals surface area (Å²) in [5, 5.41) is 16.5. The third kappa shape index (κ3) is 27.5. The Morgan fingerprint density at radius 3 is 1.24 bits per heavy atom. The van der Waals surface area contributed by atoms with Crippen molar-refractivity contribution >= 4 is 23.9 Å². The zero-order chi connectivity index (χ0) is 18.8. The zero-order valence-electron chi connectivity index (χ0n) is 14.7. The largest absolute Gasteiger partial charge is 0.481 e. The van der Waals surface area contributed by atoms with Crippen LogP contribution in [0.2, 0.25) is 0 Å². The number of carboxylic acids is 2. The smallest absolute Gasteiger partial charge is 0.305 e. The molecule has 0 atom stereocenters. The Labute approximate surface area is 158 Å². The van der Waals surface area contributed by atoms with Crippen molar-refractivity contribution in [3.8, 4) is 0 Å². The SMILES string of the molecule is CCCOC(=O)CCCC(=O)O.CCCOC(=O)CCCC(=O)O.[Cu]. The number of hydrogen-bond donors (Lipinski definition) is 2. The minimum absolute atomic E-state index is 0. The van der Waals surface area contributed by atoms with E-state index in [1.54, 1.807) is 0 Å². The first-order chi connectivity index (χ1) is 11.3. The molecule has 0 aliphatic carbocycles. The molecule has 0 saturated carbocycles. The molecule has 0 fully saturated rings. The molecule has 0 aliphatic heterocycles. The van der Waals surface area contributed by atoms with Gasteiger partial charge in [-0.2, -0.15) is 0 Å². The normalized spacial score (nSPS) is 9.04. The monoisotopic (exact) mass is 411 g/mol. The Morgan fingerprint density at radius 1 is 0.680 bits per heavy atom. The first-order valence-corrected chi connectivity index (χ1v) is 8.08. The van der Waals surface area contributed by atoms with E-state index < -0.39 is 11.9 Å². The van der Waals surface area contributed by atoms with E-state index >= 15 is 0 Å². The van der Waals surface area contributed by atoms with Crippen LogP contribution >= 0.6 is 0 Å². The Morgan fingerprint density at radius 2 is 1.00 bits per heavy atom. The number of carboxylic acid groups (broad SMARTS) is 2. The summed E-state index contributed by atoms with van der Waals surface area (Å²) in [4.78, 5) is 41.6. The molecule has 0 heterocycles. The van der Waals surface area contributed by atoms with Crippen LogP contribution in [-0.4, -0.2) is 47.3 Å². The number of hydrogen-bond acceptors (Lipinski definition) is 6. The molecular weight excluding hydrogens is 384 g/mol. The van der Waals surface area contributed by atoms with Crippen LogP contribution in [0.25, 0.3) is 0 Å². The van der Waals surface area contributed by atoms with Gasteiger partial charge in [0.15, 0.2) is 0 Å². The molecule has 0 aromatic rings. The van der Waals surface area contributed by atoms with Gasteiger partial charge in [0.25, 0.3) is 0 Å². The zero-order valence-corrected chi connectivity index (χ0v) is 15.7. The van der Waals surface area contributed by atoms with Gasteiger partial charge in [0, 0.05) is 42.8 Å². The van der Waals surface area contributed by atoms with E-state index in [1.807, 2.05) is 13.8 Å². The van der Waals surface area contributed by atoms with Crippen molar-refractivity contribution in [2.45, 2.75) is 65.2 Å². The predicted molar refractivity (Wildman–Crippen MR) is 85.5 cm³/mol. The average Bonchev–Trinajstić information content (AvgIpc) is 2.50. The fraction of sp³-hybridized carbons (Fsp3) is 0.750. The van der Waals surface area contributed by atoms with Crippen LogP contribution in [0.3, 0.4) is 0 Å². The Hall–Kier alpha value is -1.60. The summed E-state index contributed by atoms with van der Waals surface area (Å²) in [6.45, 7) is 4.66. The molecule has 0 unspecified atom stereocenters. The average molecular weight is 412 g/mol. The summed E-state index contributed by atoms with van der Waals surface area (Å²) >= 11 is 0. The fourth-order valence-electron chi connectivity index (χ4n) is 1.34. The Bertz CT molecular complexity index is 348. The van der Waals surface area contributed by atoms with E-state index in [0.717, 1.165) is 12.8 Å². The molecule has 0 amide bonds. The fourth-order valence-corrected chi connectivity index (χ4v) is 1.34. The summed E-state index contributed by atoms with van der Waals surface area (Å²) in [6, 6.07) is 0. The van der Waals surface area contributed by atoms with E-state index in [4.69, 9.17) is 19.7 Å². The summed E-state index contributed by atoms with van der Waals surface area (Å²) in [7, 11) is 0. The number of ether oxygens (including phenoxy) is 2. The summed E-state index contributed by atoms with van der Waals surface area (Å²) in [5.74, 6) is -2.37. The van der Waals surface area contributed by atoms with E-state index in [9.17, 15) is 19.2 Å². The Balaban J connectivity index is -0.000000372. The van der Waals surface area contributed by atoms with Crippen molar-refractivity contribution in [3.05, 3.63) is 0 Å². The standard InChI is InChI=1S/2C8H14O4.Cu/c2*1-2-6-12-8(11)5-3-4-7(9)10;/h2*2-6H2,1H3,(H,9,10);. The van der Waals surface area contributed by atoms with Crippen molar-refractivity contribution in [1.29, 1.82) is 0 Å². The molecule has 9 heteroatoms. The van der Waals surface area contributed by atoms with Crippen LogP contribution < -0.4 is 0 Å². The van der Waals surface area contributed by atoms with E-state index in [1.165, 1.54) is 0 Å². The van der Waals surface area contributed by atoms with Crippen LogP contribution in [0.15, 0.2) is 0 Å². The number of carbonyl (C=O) groups excluding carboxylic acids is 2. The quantitative estimate of drug-likeness (QED) is 0.370. The molecule has 1 radical (unpaired) electrons. The second-order valence-electron chi connectivity index (χ2n) is 4.94. The van der Waals surface area contributed by atoms with Gasteiger partial charge in [-0.15, -0.1) is 0 Å². The van der Waals surface area contributed by atoms with Gasteiger partial charge in [-0.3, -0.25) is 19.2 Å². The van der Waals surface area contributed by atoms with Gasteiger partial charge in [-0.1, -0.05) is 13.8 Å². The van der Waals surface area contributed by atoms with Gasteiger partial charge in [0.1, 0.15) is 0 Å². The summed E-state index contributed by atoms with van der Waals surface area (Å²) in [6.07, 6.45) is 2.77. The molecule has 0 aromatic heterocycles. The minimum atomic E-state index is -0.877. The molecular formula is C16H28CuO8. The van der Waals surface area contributed by atoms with Crippen LogP contribution in [0, 0.1) is 0 Å². The van der Waals surface area contributed by atoms with Gasteiger partial charge in [0.05, 0.1) is 13.2 Å². The molecule has 0 saturated heterocycles. The van der Waals surface area contributed by atoms with Gasteiger partial charge in [0.2, 0.25) is 0 Å². The maximum Gasteiger partial charge on any atom is 0.305 e. The van der Waals surface area contributed by atoms with Crippen molar-refractivity contribution in [2.75, 3.05) is 13.2 Å². The number of carbonyl (C=O) groups is 4. The molecule has 0 aromatic carbocycles. The molecule has 0 rings (SSSR count). The molecule has 151 valence electrons. The van der Waals surface area contributed by atoms with Crippen LogP contribution in [0.4, 0.5) is 0 Å². The van der Waals surface area contributed by atoms with Crippen LogP contribution in [-0.2, 0) is 45.7 Å². The van der Waals surface area contributed by atoms with Gasteiger partial charge < -0.3 is 19.7 Å².